The lowest BCUT2D eigenvalue weighted by Crippen LogP contribution is -2.43. The molecule has 1 saturated carbocycles. The van der Waals surface area contributed by atoms with Crippen molar-refractivity contribution in [2.24, 2.45) is 5.92 Å². The van der Waals surface area contributed by atoms with E-state index in [-0.39, 0.29) is 30.6 Å². The quantitative estimate of drug-likeness (QED) is 0.822. The smallest absolute Gasteiger partial charge is 0.326 e. The summed E-state index contributed by atoms with van der Waals surface area (Å²) < 4.78 is 0. The average Bonchev–Trinajstić information content (AvgIpc) is 3.26. The van der Waals surface area contributed by atoms with Crippen molar-refractivity contribution in [1.82, 2.24) is 10.2 Å². The molecule has 1 aliphatic carbocycles. The van der Waals surface area contributed by atoms with Gasteiger partial charge in [0.05, 0.1) is 0 Å². The number of carbonyl (C=O) groups excluding carboxylic acids is 2. The van der Waals surface area contributed by atoms with E-state index in [2.05, 4.69) is 5.32 Å². The average molecular weight is 336 g/mol. The van der Waals surface area contributed by atoms with Gasteiger partial charge in [0, 0.05) is 30.8 Å². The minimum atomic E-state index is -0.992. The van der Waals surface area contributed by atoms with E-state index in [1.807, 2.05) is 11.4 Å². The molecule has 3 rings (SSSR count). The second-order valence-electron chi connectivity index (χ2n) is 6.16. The van der Waals surface area contributed by atoms with Crippen molar-refractivity contribution in [3.8, 4) is 0 Å². The Hall–Kier alpha value is -1.89. The summed E-state index contributed by atoms with van der Waals surface area (Å²) >= 11 is 1.72. The van der Waals surface area contributed by atoms with Crippen LogP contribution in [0, 0.1) is 5.92 Å². The summed E-state index contributed by atoms with van der Waals surface area (Å²) in [6.07, 6.45) is 2.72. The van der Waals surface area contributed by atoms with Gasteiger partial charge >= 0.3 is 5.97 Å². The lowest BCUT2D eigenvalue weighted by Gasteiger charge is -2.27. The Morgan fingerprint density at radius 3 is 2.83 bits per heavy atom. The molecule has 1 aliphatic heterocycles. The van der Waals surface area contributed by atoms with Crippen molar-refractivity contribution in [2.45, 2.75) is 44.7 Å². The van der Waals surface area contributed by atoms with Crippen LogP contribution < -0.4 is 5.32 Å². The van der Waals surface area contributed by atoms with Gasteiger partial charge in [0.2, 0.25) is 11.8 Å². The molecule has 1 aromatic heterocycles. The lowest BCUT2D eigenvalue weighted by atomic mass is 10.1. The summed E-state index contributed by atoms with van der Waals surface area (Å²) in [5.41, 5.74) is 1.19. The van der Waals surface area contributed by atoms with Crippen molar-refractivity contribution in [2.75, 3.05) is 6.54 Å². The van der Waals surface area contributed by atoms with Crippen LogP contribution in [0.15, 0.2) is 11.4 Å². The van der Waals surface area contributed by atoms with Crippen LogP contribution in [0.3, 0.4) is 0 Å². The SMILES string of the molecule is O=C(CCC(=O)N1CCc2sccc2C1)NC(C(=O)O)C1CC1. The second-order valence-corrected chi connectivity index (χ2v) is 7.16. The standard InChI is InChI=1S/C16H20N2O4S/c19-13(17-15(16(21)22)10-1-2-10)3-4-14(20)18-7-5-12-11(9-18)6-8-23-12/h6,8,10,15H,1-5,7,9H2,(H,17,19)(H,21,22). The molecule has 0 saturated heterocycles. The van der Waals surface area contributed by atoms with E-state index in [0.29, 0.717) is 13.1 Å². The second kappa shape index (κ2) is 6.70. The zero-order valence-electron chi connectivity index (χ0n) is 12.8. The topological polar surface area (TPSA) is 86.7 Å². The number of hydrogen-bond donors (Lipinski definition) is 2. The van der Waals surface area contributed by atoms with E-state index in [1.165, 1.54) is 10.4 Å². The number of rotatable bonds is 6. The van der Waals surface area contributed by atoms with Crippen molar-refractivity contribution < 1.29 is 19.5 Å². The van der Waals surface area contributed by atoms with Crippen LogP contribution in [0.4, 0.5) is 0 Å². The molecule has 0 aromatic carbocycles. The normalized spacial score (nSPS) is 18.2. The zero-order valence-corrected chi connectivity index (χ0v) is 13.6. The van der Waals surface area contributed by atoms with Crippen molar-refractivity contribution >= 4 is 29.1 Å². The number of carboxylic acids is 1. The van der Waals surface area contributed by atoms with Crippen LogP contribution in [0.1, 0.15) is 36.1 Å². The van der Waals surface area contributed by atoms with Crippen LogP contribution in [0.5, 0.6) is 0 Å². The van der Waals surface area contributed by atoms with Crippen LogP contribution in [-0.4, -0.2) is 40.4 Å². The van der Waals surface area contributed by atoms with Gasteiger partial charge in [0.25, 0.3) is 0 Å². The van der Waals surface area contributed by atoms with Crippen LogP contribution in [0.25, 0.3) is 0 Å². The number of fused-ring (bicyclic) bond motifs is 1. The number of carboxylic acid groups (broad SMARTS) is 1. The maximum Gasteiger partial charge on any atom is 0.326 e. The first-order valence-electron chi connectivity index (χ1n) is 7.90. The van der Waals surface area contributed by atoms with Crippen LogP contribution >= 0.6 is 11.3 Å². The van der Waals surface area contributed by atoms with Gasteiger partial charge in [-0.2, -0.15) is 0 Å². The fraction of sp³-hybridized carbons (Fsp3) is 0.562. The number of thiophene rings is 1. The molecule has 1 unspecified atom stereocenters. The molecule has 2 aliphatic rings. The Labute approximate surface area is 138 Å². The highest BCUT2D eigenvalue weighted by Crippen LogP contribution is 2.32. The highest BCUT2D eigenvalue weighted by Gasteiger charge is 2.37. The first-order chi connectivity index (χ1) is 11.0. The third-order valence-corrected chi connectivity index (χ3v) is 5.43. The largest absolute Gasteiger partial charge is 0.480 e. The molecule has 7 heteroatoms. The highest BCUT2D eigenvalue weighted by atomic mass is 32.1. The zero-order chi connectivity index (χ0) is 16.4. The number of nitrogens with one attached hydrogen (secondary N) is 1. The summed E-state index contributed by atoms with van der Waals surface area (Å²) in [4.78, 5) is 38.3. The van der Waals surface area contributed by atoms with Crippen molar-refractivity contribution in [3.05, 3.63) is 21.9 Å². The number of nitrogens with zero attached hydrogens (tertiary/aromatic N) is 1. The molecular formula is C16H20N2O4S. The van der Waals surface area contributed by atoms with E-state index in [1.54, 1.807) is 16.2 Å². The highest BCUT2D eigenvalue weighted by molar-refractivity contribution is 7.10. The monoisotopic (exact) mass is 336 g/mol. The molecule has 124 valence electrons. The summed E-state index contributed by atoms with van der Waals surface area (Å²) in [6.45, 7) is 1.30. The number of amides is 2. The Balaban J connectivity index is 1.45. The molecule has 23 heavy (non-hydrogen) atoms. The fourth-order valence-electron chi connectivity index (χ4n) is 2.90. The molecule has 2 N–H and O–H groups in total. The van der Waals surface area contributed by atoms with Crippen LogP contribution in [-0.2, 0) is 27.3 Å². The number of carbonyl (C=O) groups is 3. The Morgan fingerprint density at radius 1 is 1.35 bits per heavy atom. The van der Waals surface area contributed by atoms with E-state index < -0.39 is 12.0 Å². The van der Waals surface area contributed by atoms with Gasteiger partial charge in [-0.25, -0.2) is 4.79 Å². The van der Waals surface area contributed by atoms with E-state index in [0.717, 1.165) is 19.3 Å². The first-order valence-corrected chi connectivity index (χ1v) is 8.77. The Morgan fingerprint density at radius 2 is 2.13 bits per heavy atom. The van der Waals surface area contributed by atoms with Gasteiger partial charge in [0.1, 0.15) is 6.04 Å². The minimum Gasteiger partial charge on any atom is -0.480 e. The molecule has 0 bridgehead atoms. The summed E-state index contributed by atoms with van der Waals surface area (Å²) in [7, 11) is 0. The predicted octanol–water partition coefficient (Wildman–Crippen LogP) is 1.39. The molecule has 0 radical (unpaired) electrons. The molecule has 6 nitrogen and oxygen atoms in total. The molecule has 0 spiro atoms. The van der Waals surface area contributed by atoms with Gasteiger partial charge in [-0.1, -0.05) is 0 Å². The van der Waals surface area contributed by atoms with E-state index in [9.17, 15) is 14.4 Å². The van der Waals surface area contributed by atoms with Gasteiger partial charge < -0.3 is 15.3 Å². The Bertz CT molecular complexity index is 623. The maximum absolute atomic E-state index is 12.2. The third kappa shape index (κ3) is 3.90. The van der Waals surface area contributed by atoms with Crippen molar-refractivity contribution in [1.29, 1.82) is 0 Å². The van der Waals surface area contributed by atoms with Crippen molar-refractivity contribution in [3.63, 3.8) is 0 Å². The van der Waals surface area contributed by atoms with E-state index in [4.69, 9.17) is 5.11 Å². The molecule has 1 fully saturated rings. The fourth-order valence-corrected chi connectivity index (χ4v) is 3.79. The molecule has 2 amide bonds. The molecule has 2 heterocycles. The third-order valence-electron chi connectivity index (χ3n) is 4.40. The van der Waals surface area contributed by atoms with E-state index >= 15 is 0 Å². The summed E-state index contributed by atoms with van der Waals surface area (Å²) in [6, 6.07) is 1.24. The van der Waals surface area contributed by atoms with Gasteiger partial charge in [-0.05, 0) is 42.2 Å². The van der Waals surface area contributed by atoms with Gasteiger partial charge in [-0.15, -0.1) is 11.3 Å². The van der Waals surface area contributed by atoms with Crippen LogP contribution in [0.2, 0.25) is 0 Å². The Kier molecular flexibility index (Phi) is 4.66. The number of hydrogen-bond acceptors (Lipinski definition) is 4. The lowest BCUT2D eigenvalue weighted by molar-refractivity contribution is -0.142. The predicted molar refractivity (Wildman–Crippen MR) is 85.0 cm³/mol. The molecule has 1 atom stereocenters. The minimum absolute atomic E-state index is 0.0440. The van der Waals surface area contributed by atoms with Gasteiger partial charge in [-0.3, -0.25) is 9.59 Å². The summed E-state index contributed by atoms with van der Waals surface area (Å²) in [5, 5.41) is 13.7. The maximum atomic E-state index is 12.2. The first kappa shape index (κ1) is 16.0. The van der Waals surface area contributed by atoms with Gasteiger partial charge in [0.15, 0.2) is 0 Å². The molecule has 1 aromatic rings. The summed E-state index contributed by atoms with van der Waals surface area (Å²) in [5.74, 6) is -1.35. The number of aliphatic carboxylic acids is 1. The molecular weight excluding hydrogens is 316 g/mol.